The van der Waals surface area contributed by atoms with E-state index in [1.807, 2.05) is 0 Å². The van der Waals surface area contributed by atoms with Crippen molar-refractivity contribution in [3.8, 4) is 0 Å². The van der Waals surface area contributed by atoms with E-state index < -0.39 is 36.7 Å². The molecule has 0 spiro atoms. The van der Waals surface area contributed by atoms with Crippen molar-refractivity contribution in [2.75, 3.05) is 13.1 Å². The molecule has 2 fully saturated rings. The van der Waals surface area contributed by atoms with E-state index in [0.717, 1.165) is 11.3 Å². The second-order valence-corrected chi connectivity index (χ2v) is 5.63. The summed E-state index contributed by atoms with van der Waals surface area (Å²) in [6.45, 7) is 0.0849. The van der Waals surface area contributed by atoms with Crippen molar-refractivity contribution in [1.29, 1.82) is 0 Å². The fourth-order valence-electron chi connectivity index (χ4n) is 2.97. The van der Waals surface area contributed by atoms with Gasteiger partial charge < -0.3 is 15.0 Å². The molecule has 1 aromatic rings. The van der Waals surface area contributed by atoms with Crippen LogP contribution in [-0.4, -0.2) is 53.4 Å². The van der Waals surface area contributed by atoms with Gasteiger partial charge in [-0.3, -0.25) is 14.4 Å². The predicted octanol–water partition coefficient (Wildman–Crippen LogP) is 0.401. The molecule has 1 aromatic carbocycles. The van der Waals surface area contributed by atoms with E-state index in [4.69, 9.17) is 4.74 Å². The highest BCUT2D eigenvalue weighted by Gasteiger charge is 2.43. The lowest BCUT2D eigenvalue weighted by Crippen LogP contribution is -2.48. The van der Waals surface area contributed by atoms with Crippen molar-refractivity contribution in [3.63, 3.8) is 0 Å². The predicted molar refractivity (Wildman–Crippen MR) is 81.3 cm³/mol. The van der Waals surface area contributed by atoms with E-state index in [1.165, 1.54) is 4.90 Å². The number of carbonyl (C=O) groups is 4. The summed E-state index contributed by atoms with van der Waals surface area (Å²) in [6.07, 6.45) is -0.307. The van der Waals surface area contributed by atoms with Gasteiger partial charge in [0.05, 0.1) is 0 Å². The first-order valence-electron chi connectivity index (χ1n) is 7.68. The SMILES string of the molecule is O=CNC1CCCN1C(=O)CN1C(=O)OC(c2ccccc2)C1=O. The van der Waals surface area contributed by atoms with E-state index in [-0.39, 0.29) is 0 Å². The van der Waals surface area contributed by atoms with E-state index in [0.29, 0.717) is 24.9 Å². The summed E-state index contributed by atoms with van der Waals surface area (Å²) in [4.78, 5) is 49.6. The smallest absolute Gasteiger partial charge is 0.418 e. The van der Waals surface area contributed by atoms with Crippen molar-refractivity contribution in [3.05, 3.63) is 35.9 Å². The van der Waals surface area contributed by atoms with Gasteiger partial charge >= 0.3 is 6.09 Å². The summed E-state index contributed by atoms with van der Waals surface area (Å²) in [5, 5.41) is 2.56. The van der Waals surface area contributed by atoms with E-state index in [2.05, 4.69) is 5.32 Å². The molecule has 2 heterocycles. The highest BCUT2D eigenvalue weighted by atomic mass is 16.6. The number of cyclic esters (lactones) is 1. The summed E-state index contributed by atoms with van der Waals surface area (Å²) in [5.41, 5.74) is 0.562. The fraction of sp³-hybridized carbons (Fsp3) is 0.375. The Morgan fingerprint density at radius 1 is 1.29 bits per heavy atom. The third kappa shape index (κ3) is 2.94. The summed E-state index contributed by atoms with van der Waals surface area (Å²) in [6, 6.07) is 8.64. The van der Waals surface area contributed by atoms with E-state index in [9.17, 15) is 19.2 Å². The normalized spacial score (nSPS) is 23.3. The standard InChI is InChI=1S/C16H17N3O5/c20-10-17-12-7-4-8-18(12)13(21)9-19-15(22)14(24-16(19)23)11-5-2-1-3-6-11/h1-3,5-6,10,12,14H,4,7-9H2,(H,17,20). The van der Waals surface area contributed by atoms with Gasteiger partial charge in [0.15, 0.2) is 0 Å². The van der Waals surface area contributed by atoms with Crippen molar-refractivity contribution >= 4 is 24.3 Å². The zero-order valence-electron chi connectivity index (χ0n) is 12.9. The molecular formula is C16H17N3O5. The van der Waals surface area contributed by atoms with Crippen LogP contribution in [0.1, 0.15) is 24.5 Å². The molecule has 24 heavy (non-hydrogen) atoms. The number of nitrogens with one attached hydrogen (secondary N) is 1. The Morgan fingerprint density at radius 3 is 2.75 bits per heavy atom. The van der Waals surface area contributed by atoms with Gasteiger partial charge in [0.25, 0.3) is 5.91 Å². The average molecular weight is 331 g/mol. The lowest BCUT2D eigenvalue weighted by molar-refractivity contribution is -0.139. The number of ether oxygens (including phenoxy) is 1. The van der Waals surface area contributed by atoms with Crippen molar-refractivity contribution in [2.45, 2.75) is 25.1 Å². The quantitative estimate of drug-likeness (QED) is 0.788. The van der Waals surface area contributed by atoms with Crippen LogP contribution in [0.4, 0.5) is 4.79 Å². The maximum absolute atomic E-state index is 12.4. The fourth-order valence-corrected chi connectivity index (χ4v) is 2.97. The maximum Gasteiger partial charge on any atom is 0.418 e. The molecule has 3 rings (SSSR count). The molecule has 1 N–H and O–H groups in total. The van der Waals surface area contributed by atoms with E-state index in [1.54, 1.807) is 30.3 Å². The molecule has 0 aromatic heterocycles. The number of hydrogen-bond donors (Lipinski definition) is 1. The Labute approximate surface area is 138 Å². The minimum absolute atomic E-state index is 0.391. The molecule has 2 saturated heterocycles. The second-order valence-electron chi connectivity index (χ2n) is 5.63. The molecule has 8 heteroatoms. The Balaban J connectivity index is 1.69. The Morgan fingerprint density at radius 2 is 2.04 bits per heavy atom. The Hall–Kier alpha value is -2.90. The molecule has 0 radical (unpaired) electrons. The second kappa shape index (κ2) is 6.69. The minimum atomic E-state index is -1.02. The molecule has 2 unspecified atom stereocenters. The first kappa shape index (κ1) is 16.0. The van der Waals surface area contributed by atoms with Crippen LogP contribution in [0.2, 0.25) is 0 Å². The minimum Gasteiger partial charge on any atom is -0.431 e. The van der Waals surface area contributed by atoms with Crippen LogP contribution in [0, 0.1) is 0 Å². The summed E-state index contributed by atoms with van der Waals surface area (Å²) in [7, 11) is 0. The van der Waals surface area contributed by atoms with Gasteiger partial charge in [-0.05, 0) is 12.8 Å². The maximum atomic E-state index is 12.4. The lowest BCUT2D eigenvalue weighted by atomic mass is 10.1. The highest BCUT2D eigenvalue weighted by molar-refractivity contribution is 6.03. The number of hydrogen-bond acceptors (Lipinski definition) is 5. The third-order valence-electron chi connectivity index (χ3n) is 4.16. The van der Waals surface area contributed by atoms with Crippen LogP contribution in [0.25, 0.3) is 0 Å². The van der Waals surface area contributed by atoms with E-state index >= 15 is 0 Å². The molecule has 2 aliphatic rings. The molecule has 126 valence electrons. The molecule has 2 aliphatic heterocycles. The topological polar surface area (TPSA) is 96.0 Å². The van der Waals surface area contributed by atoms with Gasteiger partial charge in [-0.25, -0.2) is 9.69 Å². The first-order valence-corrected chi connectivity index (χ1v) is 7.68. The first-order chi connectivity index (χ1) is 11.6. The molecule has 0 saturated carbocycles. The lowest BCUT2D eigenvalue weighted by Gasteiger charge is -2.25. The van der Waals surface area contributed by atoms with Crippen LogP contribution in [0.3, 0.4) is 0 Å². The average Bonchev–Trinajstić information content (AvgIpc) is 3.16. The number of imide groups is 1. The number of likely N-dealkylation sites (tertiary alicyclic amines) is 1. The van der Waals surface area contributed by atoms with Crippen LogP contribution in [-0.2, 0) is 19.1 Å². The van der Waals surface area contributed by atoms with Crippen LogP contribution in [0.5, 0.6) is 0 Å². The van der Waals surface area contributed by atoms with Gasteiger partial charge in [0.2, 0.25) is 18.4 Å². The third-order valence-corrected chi connectivity index (χ3v) is 4.16. The Bertz CT molecular complexity index is 663. The number of rotatable bonds is 5. The highest BCUT2D eigenvalue weighted by Crippen LogP contribution is 2.27. The van der Waals surface area contributed by atoms with Crippen LogP contribution >= 0.6 is 0 Å². The van der Waals surface area contributed by atoms with Crippen molar-refractivity contribution < 1.29 is 23.9 Å². The number of benzene rings is 1. The largest absolute Gasteiger partial charge is 0.431 e. The van der Waals surface area contributed by atoms with Gasteiger partial charge in [0.1, 0.15) is 12.7 Å². The zero-order chi connectivity index (χ0) is 17.1. The number of nitrogens with zero attached hydrogens (tertiary/aromatic N) is 2. The van der Waals surface area contributed by atoms with Gasteiger partial charge in [-0.15, -0.1) is 0 Å². The number of carbonyl (C=O) groups excluding carboxylic acids is 4. The van der Waals surface area contributed by atoms with Crippen molar-refractivity contribution in [1.82, 2.24) is 15.1 Å². The molecule has 2 atom stereocenters. The molecule has 0 aliphatic carbocycles. The van der Waals surface area contributed by atoms with Crippen LogP contribution < -0.4 is 5.32 Å². The summed E-state index contributed by atoms with van der Waals surface area (Å²) in [5.74, 6) is -0.954. The number of amides is 4. The van der Waals surface area contributed by atoms with Gasteiger partial charge in [-0.1, -0.05) is 30.3 Å². The summed E-state index contributed by atoms with van der Waals surface area (Å²) >= 11 is 0. The molecule has 4 amide bonds. The molecular weight excluding hydrogens is 314 g/mol. The monoisotopic (exact) mass is 331 g/mol. The zero-order valence-corrected chi connectivity index (χ0v) is 12.9. The molecule has 0 bridgehead atoms. The van der Waals surface area contributed by atoms with Crippen LogP contribution in [0.15, 0.2) is 30.3 Å². The Kier molecular flexibility index (Phi) is 4.45. The van der Waals surface area contributed by atoms with Gasteiger partial charge in [0, 0.05) is 12.1 Å². The van der Waals surface area contributed by atoms with Crippen molar-refractivity contribution in [2.24, 2.45) is 0 Å². The summed E-state index contributed by atoms with van der Waals surface area (Å²) < 4.78 is 5.11. The molecule has 8 nitrogen and oxygen atoms in total. The van der Waals surface area contributed by atoms with Gasteiger partial charge in [-0.2, -0.15) is 0 Å².